The fraction of sp³-hybridized carbons (Fsp3) is 0.222. The molecular weight excluding hydrogens is 318 g/mol. The molecule has 1 aromatic heterocycles. The Hall–Kier alpha value is -3.06. The smallest absolute Gasteiger partial charge is 0.224 e. The number of carbonyl (C=O) groups excluding carboxylic acids is 1. The molecular formula is C18H19N5O2. The van der Waals surface area contributed by atoms with Gasteiger partial charge in [0.2, 0.25) is 5.91 Å². The number of nitrogens with zero attached hydrogens (tertiary/aromatic N) is 4. The summed E-state index contributed by atoms with van der Waals surface area (Å²) in [5.74, 6) is -0.147. The predicted molar refractivity (Wildman–Crippen MR) is 91.9 cm³/mol. The van der Waals surface area contributed by atoms with Gasteiger partial charge in [-0.15, -0.1) is 5.10 Å². The van der Waals surface area contributed by atoms with Crippen LogP contribution in [0.15, 0.2) is 60.9 Å². The van der Waals surface area contributed by atoms with Crippen molar-refractivity contribution in [3.05, 3.63) is 72.1 Å². The van der Waals surface area contributed by atoms with Crippen LogP contribution in [-0.4, -0.2) is 37.8 Å². The molecule has 25 heavy (non-hydrogen) atoms. The van der Waals surface area contributed by atoms with Crippen molar-refractivity contribution in [1.82, 2.24) is 25.5 Å². The number of carbonyl (C=O) groups is 1. The molecule has 7 nitrogen and oxygen atoms in total. The first kappa shape index (κ1) is 16.8. The van der Waals surface area contributed by atoms with Crippen LogP contribution >= 0.6 is 0 Å². The Bertz CT molecular complexity index is 814. The zero-order chi connectivity index (χ0) is 17.7. The SMILES string of the molecule is CC(O)(CNC(=O)Cc1ccc(-n2cnnn2)cc1)c1ccccc1. The summed E-state index contributed by atoms with van der Waals surface area (Å²) in [6.45, 7) is 1.84. The molecule has 0 radical (unpaired) electrons. The molecule has 7 heteroatoms. The van der Waals surface area contributed by atoms with Gasteiger partial charge in [0.25, 0.3) is 0 Å². The van der Waals surface area contributed by atoms with E-state index in [2.05, 4.69) is 20.8 Å². The molecule has 0 saturated heterocycles. The van der Waals surface area contributed by atoms with Crippen molar-refractivity contribution in [3.8, 4) is 5.69 Å². The van der Waals surface area contributed by atoms with Crippen LogP contribution in [0, 0.1) is 0 Å². The van der Waals surface area contributed by atoms with Gasteiger partial charge in [-0.25, -0.2) is 4.68 Å². The molecule has 0 bridgehead atoms. The van der Waals surface area contributed by atoms with Crippen molar-refractivity contribution in [2.75, 3.05) is 6.54 Å². The lowest BCUT2D eigenvalue weighted by Gasteiger charge is -2.24. The summed E-state index contributed by atoms with van der Waals surface area (Å²) < 4.78 is 1.54. The van der Waals surface area contributed by atoms with Crippen LogP contribution < -0.4 is 5.32 Å². The Balaban J connectivity index is 1.56. The fourth-order valence-electron chi connectivity index (χ4n) is 2.46. The average molecular weight is 337 g/mol. The number of aliphatic hydroxyl groups is 1. The second-order valence-corrected chi connectivity index (χ2v) is 6.01. The molecule has 3 rings (SSSR count). The lowest BCUT2D eigenvalue weighted by molar-refractivity contribution is -0.121. The molecule has 1 heterocycles. The minimum Gasteiger partial charge on any atom is -0.384 e. The van der Waals surface area contributed by atoms with Crippen LogP contribution in [0.4, 0.5) is 0 Å². The second-order valence-electron chi connectivity index (χ2n) is 6.01. The molecule has 2 N–H and O–H groups in total. The first-order chi connectivity index (χ1) is 12.0. The maximum absolute atomic E-state index is 12.1. The molecule has 1 atom stereocenters. The van der Waals surface area contributed by atoms with Crippen molar-refractivity contribution < 1.29 is 9.90 Å². The van der Waals surface area contributed by atoms with Crippen molar-refractivity contribution in [2.24, 2.45) is 0 Å². The highest BCUT2D eigenvalue weighted by atomic mass is 16.3. The minimum absolute atomic E-state index is 0.147. The van der Waals surface area contributed by atoms with Crippen LogP contribution in [0.5, 0.6) is 0 Å². The lowest BCUT2D eigenvalue weighted by Crippen LogP contribution is -2.39. The summed E-state index contributed by atoms with van der Waals surface area (Å²) in [4.78, 5) is 12.1. The van der Waals surface area contributed by atoms with E-state index in [1.54, 1.807) is 11.6 Å². The van der Waals surface area contributed by atoms with Crippen LogP contribution in [0.25, 0.3) is 5.69 Å². The fourth-order valence-corrected chi connectivity index (χ4v) is 2.46. The molecule has 128 valence electrons. The molecule has 0 saturated carbocycles. The Morgan fingerprint density at radius 2 is 1.88 bits per heavy atom. The molecule has 1 unspecified atom stereocenters. The van der Waals surface area contributed by atoms with Gasteiger partial charge in [0.1, 0.15) is 11.9 Å². The molecule has 0 aliphatic rings. The van der Waals surface area contributed by atoms with Gasteiger partial charge in [0, 0.05) is 0 Å². The molecule has 0 fully saturated rings. The van der Waals surface area contributed by atoms with Gasteiger partial charge in [0.05, 0.1) is 18.7 Å². The Kier molecular flexibility index (Phi) is 4.85. The number of nitrogens with one attached hydrogen (secondary N) is 1. The van der Waals surface area contributed by atoms with Crippen LogP contribution in [0.1, 0.15) is 18.1 Å². The minimum atomic E-state index is -1.11. The quantitative estimate of drug-likeness (QED) is 0.706. The van der Waals surface area contributed by atoms with Gasteiger partial charge in [-0.05, 0) is 40.6 Å². The highest BCUT2D eigenvalue weighted by Crippen LogP contribution is 2.19. The monoisotopic (exact) mass is 337 g/mol. The third-order valence-electron chi connectivity index (χ3n) is 3.94. The van der Waals surface area contributed by atoms with Gasteiger partial charge in [-0.1, -0.05) is 42.5 Å². The summed E-state index contributed by atoms with van der Waals surface area (Å²) in [5.41, 5.74) is 1.34. The molecule has 2 aromatic carbocycles. The molecule has 0 aliphatic carbocycles. The number of amides is 1. The summed E-state index contributed by atoms with van der Waals surface area (Å²) >= 11 is 0. The Morgan fingerprint density at radius 3 is 2.52 bits per heavy atom. The highest BCUT2D eigenvalue weighted by Gasteiger charge is 2.23. The number of tetrazole rings is 1. The summed E-state index contributed by atoms with van der Waals surface area (Å²) in [6.07, 6.45) is 1.74. The highest BCUT2D eigenvalue weighted by molar-refractivity contribution is 5.78. The summed E-state index contributed by atoms with van der Waals surface area (Å²) in [5, 5.41) is 24.3. The Labute approximate surface area is 145 Å². The van der Waals surface area contributed by atoms with E-state index >= 15 is 0 Å². The van der Waals surface area contributed by atoms with Gasteiger partial charge in [-0.3, -0.25) is 4.79 Å². The van der Waals surface area contributed by atoms with E-state index in [1.807, 2.05) is 54.6 Å². The van der Waals surface area contributed by atoms with Gasteiger partial charge in [0.15, 0.2) is 0 Å². The Morgan fingerprint density at radius 1 is 1.16 bits per heavy atom. The van der Waals surface area contributed by atoms with E-state index in [9.17, 15) is 9.90 Å². The maximum Gasteiger partial charge on any atom is 0.224 e. The number of hydrogen-bond donors (Lipinski definition) is 2. The van der Waals surface area contributed by atoms with Gasteiger partial charge >= 0.3 is 0 Å². The van der Waals surface area contributed by atoms with Crippen molar-refractivity contribution in [2.45, 2.75) is 18.9 Å². The van der Waals surface area contributed by atoms with E-state index in [0.717, 1.165) is 16.8 Å². The third-order valence-corrected chi connectivity index (χ3v) is 3.94. The molecule has 3 aromatic rings. The number of rotatable bonds is 6. The number of benzene rings is 2. The van der Waals surface area contributed by atoms with E-state index in [4.69, 9.17) is 0 Å². The van der Waals surface area contributed by atoms with E-state index in [-0.39, 0.29) is 18.9 Å². The van der Waals surface area contributed by atoms with E-state index < -0.39 is 5.60 Å². The van der Waals surface area contributed by atoms with E-state index in [0.29, 0.717) is 0 Å². The van der Waals surface area contributed by atoms with Crippen molar-refractivity contribution >= 4 is 5.91 Å². The zero-order valence-electron chi connectivity index (χ0n) is 13.8. The second kappa shape index (κ2) is 7.23. The van der Waals surface area contributed by atoms with E-state index in [1.165, 1.54) is 6.33 Å². The van der Waals surface area contributed by atoms with Crippen molar-refractivity contribution in [1.29, 1.82) is 0 Å². The first-order valence-corrected chi connectivity index (χ1v) is 7.91. The lowest BCUT2D eigenvalue weighted by atomic mass is 9.96. The zero-order valence-corrected chi connectivity index (χ0v) is 13.8. The van der Waals surface area contributed by atoms with Crippen LogP contribution in [0.3, 0.4) is 0 Å². The maximum atomic E-state index is 12.1. The van der Waals surface area contributed by atoms with Crippen LogP contribution in [-0.2, 0) is 16.8 Å². The number of aromatic nitrogens is 4. The van der Waals surface area contributed by atoms with Gasteiger partial charge < -0.3 is 10.4 Å². The molecule has 0 aliphatic heterocycles. The largest absolute Gasteiger partial charge is 0.384 e. The topological polar surface area (TPSA) is 92.9 Å². The summed E-state index contributed by atoms with van der Waals surface area (Å²) in [6, 6.07) is 16.7. The normalized spacial score (nSPS) is 13.2. The molecule has 0 spiro atoms. The third kappa shape index (κ3) is 4.27. The van der Waals surface area contributed by atoms with Crippen LogP contribution in [0.2, 0.25) is 0 Å². The first-order valence-electron chi connectivity index (χ1n) is 7.91. The standard InChI is InChI=1S/C18H19N5O2/c1-18(25,15-5-3-2-4-6-15)12-19-17(24)11-14-7-9-16(10-8-14)23-13-20-21-22-23/h2-10,13,25H,11-12H2,1H3,(H,19,24). The number of hydrogen-bond acceptors (Lipinski definition) is 5. The predicted octanol–water partition coefficient (Wildman–Crippen LogP) is 1.23. The summed E-state index contributed by atoms with van der Waals surface area (Å²) in [7, 11) is 0. The van der Waals surface area contributed by atoms with Gasteiger partial charge in [-0.2, -0.15) is 0 Å². The van der Waals surface area contributed by atoms with Crippen molar-refractivity contribution in [3.63, 3.8) is 0 Å². The molecule has 1 amide bonds. The average Bonchev–Trinajstić information content (AvgIpc) is 3.16.